The molecule has 1 aliphatic rings. The fourth-order valence-electron chi connectivity index (χ4n) is 4.32. The van der Waals surface area contributed by atoms with Crippen molar-refractivity contribution in [3.63, 3.8) is 0 Å². The van der Waals surface area contributed by atoms with E-state index in [4.69, 9.17) is 0 Å². The Bertz CT molecular complexity index is 1480. The fourth-order valence-corrected chi connectivity index (χ4v) is 4.32. The Morgan fingerprint density at radius 1 is 0.971 bits per heavy atom. The molecule has 0 saturated heterocycles. The fraction of sp³-hybridized carbons (Fsp3) is 0.154. The molecule has 0 bridgehead atoms. The third kappa shape index (κ3) is 4.16. The van der Waals surface area contributed by atoms with Crippen molar-refractivity contribution in [3.8, 4) is 22.8 Å². The number of phenols is 2. The topological polar surface area (TPSA) is 90.6 Å². The van der Waals surface area contributed by atoms with Crippen molar-refractivity contribution < 1.29 is 23.8 Å². The van der Waals surface area contributed by atoms with E-state index in [1.165, 1.54) is 39.9 Å². The second kappa shape index (κ2) is 8.43. The van der Waals surface area contributed by atoms with Crippen molar-refractivity contribution in [1.82, 2.24) is 14.7 Å². The van der Waals surface area contributed by atoms with Gasteiger partial charge in [0.1, 0.15) is 34.5 Å². The number of amides is 1. The predicted molar refractivity (Wildman–Crippen MR) is 126 cm³/mol. The third-order valence-electron chi connectivity index (χ3n) is 6.11. The molecule has 5 rings (SSSR count). The summed E-state index contributed by atoms with van der Waals surface area (Å²) in [6, 6.07) is 12.9. The van der Waals surface area contributed by atoms with Gasteiger partial charge in [-0.05, 0) is 47.9 Å². The molecule has 0 fully saturated rings. The summed E-state index contributed by atoms with van der Waals surface area (Å²) in [6.07, 6.45) is 0. The van der Waals surface area contributed by atoms with Crippen LogP contribution in [0.4, 0.5) is 20.3 Å². The van der Waals surface area contributed by atoms with Crippen molar-refractivity contribution in [2.45, 2.75) is 20.0 Å². The first-order valence-electron chi connectivity index (χ1n) is 10.9. The second-order valence-corrected chi connectivity index (χ2v) is 8.58. The summed E-state index contributed by atoms with van der Waals surface area (Å²) in [4.78, 5) is 14.9. The van der Waals surface area contributed by atoms with Crippen LogP contribution < -0.4 is 5.32 Å². The van der Waals surface area contributed by atoms with Gasteiger partial charge < -0.3 is 20.4 Å². The first kappa shape index (κ1) is 22.4. The van der Waals surface area contributed by atoms with Gasteiger partial charge in [-0.2, -0.15) is 5.10 Å². The van der Waals surface area contributed by atoms with Crippen LogP contribution in [0, 0.1) is 18.6 Å². The molecule has 2 heterocycles. The molecule has 3 aromatic carbocycles. The number of aromatic hydroxyl groups is 2. The Morgan fingerprint density at radius 3 is 2.49 bits per heavy atom. The zero-order valence-corrected chi connectivity index (χ0v) is 19.0. The molecule has 9 heteroatoms. The first-order valence-corrected chi connectivity index (χ1v) is 10.9. The van der Waals surface area contributed by atoms with Crippen LogP contribution in [0.1, 0.15) is 27.0 Å². The summed E-state index contributed by atoms with van der Waals surface area (Å²) in [5, 5.41) is 28.2. The molecule has 0 saturated carbocycles. The van der Waals surface area contributed by atoms with E-state index in [2.05, 4.69) is 10.4 Å². The SMILES string of the molecule is Cc1ccc(F)cc1-c1cc(Nc2cc(O)cc(O)c2C(=O)N2Cc3ccc(F)cc3C2)n(C)n1. The molecular formula is C26H22F2N4O3. The molecule has 7 nitrogen and oxygen atoms in total. The molecule has 1 aromatic heterocycles. The van der Waals surface area contributed by atoms with Gasteiger partial charge in [-0.3, -0.25) is 9.48 Å². The number of nitrogens with one attached hydrogen (secondary N) is 1. The molecule has 178 valence electrons. The van der Waals surface area contributed by atoms with Crippen molar-refractivity contribution in [1.29, 1.82) is 0 Å². The molecule has 0 aliphatic carbocycles. The lowest BCUT2D eigenvalue weighted by molar-refractivity contribution is 0.0749. The number of rotatable bonds is 4. The lowest BCUT2D eigenvalue weighted by Gasteiger charge is -2.19. The van der Waals surface area contributed by atoms with Gasteiger partial charge >= 0.3 is 0 Å². The highest BCUT2D eigenvalue weighted by molar-refractivity contribution is 6.03. The van der Waals surface area contributed by atoms with E-state index in [-0.39, 0.29) is 41.7 Å². The molecule has 0 spiro atoms. The van der Waals surface area contributed by atoms with Gasteiger partial charge in [0.2, 0.25) is 0 Å². The average Bonchev–Trinajstić information content (AvgIpc) is 3.38. The van der Waals surface area contributed by atoms with Gasteiger partial charge in [-0.1, -0.05) is 12.1 Å². The lowest BCUT2D eigenvalue weighted by atomic mass is 10.1. The van der Waals surface area contributed by atoms with Crippen LogP contribution in [0.5, 0.6) is 11.5 Å². The molecule has 3 N–H and O–H groups in total. The van der Waals surface area contributed by atoms with Crippen LogP contribution in [-0.2, 0) is 20.1 Å². The van der Waals surface area contributed by atoms with Crippen molar-refractivity contribution in [2.24, 2.45) is 7.05 Å². The number of carbonyl (C=O) groups is 1. The van der Waals surface area contributed by atoms with Crippen LogP contribution in [0.15, 0.2) is 54.6 Å². The van der Waals surface area contributed by atoms with E-state index in [1.807, 2.05) is 6.92 Å². The summed E-state index contributed by atoms with van der Waals surface area (Å²) in [7, 11) is 1.68. The molecule has 1 amide bonds. The Kier molecular flexibility index (Phi) is 5.39. The van der Waals surface area contributed by atoms with Gasteiger partial charge in [0.15, 0.2) is 0 Å². The number of anilines is 2. The summed E-state index contributed by atoms with van der Waals surface area (Å²) < 4.78 is 29.0. The highest BCUT2D eigenvalue weighted by Crippen LogP contribution is 2.37. The van der Waals surface area contributed by atoms with Crippen LogP contribution in [0.2, 0.25) is 0 Å². The molecule has 0 unspecified atom stereocenters. The zero-order valence-electron chi connectivity index (χ0n) is 19.0. The smallest absolute Gasteiger partial charge is 0.260 e. The number of fused-ring (bicyclic) bond motifs is 1. The summed E-state index contributed by atoms with van der Waals surface area (Å²) in [5.74, 6) is -1.43. The van der Waals surface area contributed by atoms with Crippen LogP contribution >= 0.6 is 0 Å². The number of hydrogen-bond acceptors (Lipinski definition) is 5. The zero-order chi connectivity index (χ0) is 24.9. The van der Waals surface area contributed by atoms with E-state index in [9.17, 15) is 23.8 Å². The van der Waals surface area contributed by atoms with Crippen LogP contribution in [0.3, 0.4) is 0 Å². The van der Waals surface area contributed by atoms with Crippen molar-refractivity contribution in [2.75, 3.05) is 5.32 Å². The number of phenolic OH excluding ortho intramolecular Hbond substituents is 2. The molecule has 1 aliphatic heterocycles. The normalized spacial score (nSPS) is 12.6. The first-order chi connectivity index (χ1) is 16.7. The minimum atomic E-state index is -0.482. The molecule has 4 aromatic rings. The summed E-state index contributed by atoms with van der Waals surface area (Å²) in [5.41, 5.74) is 3.63. The van der Waals surface area contributed by atoms with E-state index < -0.39 is 11.7 Å². The number of aryl methyl sites for hydroxylation is 2. The number of benzene rings is 3. The van der Waals surface area contributed by atoms with Gasteiger partial charge in [-0.25, -0.2) is 8.78 Å². The van der Waals surface area contributed by atoms with Crippen molar-refractivity contribution in [3.05, 3.63) is 88.5 Å². The third-order valence-corrected chi connectivity index (χ3v) is 6.11. The van der Waals surface area contributed by atoms with Gasteiger partial charge in [-0.15, -0.1) is 0 Å². The van der Waals surface area contributed by atoms with Crippen LogP contribution in [0.25, 0.3) is 11.3 Å². The van der Waals surface area contributed by atoms with E-state index in [0.29, 0.717) is 22.6 Å². The quantitative estimate of drug-likeness (QED) is 0.386. The number of nitrogens with zero attached hydrogens (tertiary/aromatic N) is 3. The van der Waals surface area contributed by atoms with Gasteiger partial charge in [0.05, 0.1) is 11.4 Å². The van der Waals surface area contributed by atoms with Gasteiger partial charge in [0, 0.05) is 43.9 Å². The average molecular weight is 476 g/mol. The molecular weight excluding hydrogens is 454 g/mol. The Morgan fingerprint density at radius 2 is 1.69 bits per heavy atom. The Balaban J connectivity index is 1.49. The standard InChI is InChI=1S/C26H22F2N4O3/c1-14-3-5-18(28)8-20(14)21-11-24(31(2)30-21)29-22-9-19(33)10-23(34)25(22)26(35)32-12-15-4-6-17(27)7-16(15)13-32/h3-11,29,33-34H,12-13H2,1-2H3. The van der Waals surface area contributed by atoms with E-state index in [1.54, 1.807) is 25.2 Å². The molecule has 0 radical (unpaired) electrons. The lowest BCUT2D eigenvalue weighted by Crippen LogP contribution is -2.26. The monoisotopic (exact) mass is 476 g/mol. The molecule has 35 heavy (non-hydrogen) atoms. The number of aromatic nitrogens is 2. The highest BCUT2D eigenvalue weighted by atomic mass is 19.1. The maximum atomic E-state index is 13.8. The van der Waals surface area contributed by atoms with Crippen molar-refractivity contribution >= 4 is 17.4 Å². The van der Waals surface area contributed by atoms with E-state index >= 15 is 0 Å². The Hall–Kier alpha value is -4.40. The van der Waals surface area contributed by atoms with Gasteiger partial charge in [0.25, 0.3) is 5.91 Å². The number of carbonyl (C=O) groups excluding carboxylic acids is 1. The minimum absolute atomic E-state index is 0.0410. The maximum Gasteiger partial charge on any atom is 0.260 e. The molecule has 0 atom stereocenters. The maximum absolute atomic E-state index is 13.8. The number of hydrogen-bond donors (Lipinski definition) is 3. The number of halogens is 2. The Labute approximate surface area is 199 Å². The minimum Gasteiger partial charge on any atom is -0.508 e. The second-order valence-electron chi connectivity index (χ2n) is 8.58. The van der Waals surface area contributed by atoms with E-state index in [0.717, 1.165) is 17.2 Å². The highest BCUT2D eigenvalue weighted by Gasteiger charge is 2.29. The summed E-state index contributed by atoms with van der Waals surface area (Å²) in [6.45, 7) is 2.31. The largest absolute Gasteiger partial charge is 0.508 e. The predicted octanol–water partition coefficient (Wildman–Crippen LogP) is 4.98. The van der Waals surface area contributed by atoms with Crippen LogP contribution in [-0.4, -0.2) is 30.8 Å². The summed E-state index contributed by atoms with van der Waals surface area (Å²) >= 11 is 0.